The van der Waals surface area contributed by atoms with Crippen molar-refractivity contribution in [3.05, 3.63) is 120 Å². The number of benzene rings is 4. The van der Waals surface area contributed by atoms with Gasteiger partial charge in [0.05, 0.1) is 0 Å². The van der Waals surface area contributed by atoms with E-state index in [1.54, 1.807) is 21.5 Å². The second-order valence-electron chi connectivity index (χ2n) is 12.2. The van der Waals surface area contributed by atoms with E-state index in [-0.39, 0.29) is 51.0 Å². The number of hydrogen-bond donors (Lipinski definition) is 0. The zero-order valence-electron chi connectivity index (χ0n) is 26.4. The molecular weight excluding hydrogens is 671 g/mol. The maximum atomic E-state index is 2.64. The van der Waals surface area contributed by atoms with Crippen molar-refractivity contribution in [1.82, 2.24) is 0 Å². The van der Waals surface area contributed by atoms with Gasteiger partial charge in [-0.15, -0.1) is 69.1 Å². The number of unbranched alkanes of at least 4 members (excludes halogenated alkanes) is 2. The van der Waals surface area contributed by atoms with Gasteiger partial charge in [-0.25, -0.2) is 0 Å². The van der Waals surface area contributed by atoms with Gasteiger partial charge in [0.2, 0.25) is 0 Å². The van der Waals surface area contributed by atoms with Gasteiger partial charge in [0, 0.05) is 8.07 Å². The van der Waals surface area contributed by atoms with Crippen molar-refractivity contribution in [3.63, 3.8) is 0 Å². The molecule has 0 amide bonds. The van der Waals surface area contributed by atoms with Crippen molar-refractivity contribution in [1.29, 1.82) is 0 Å². The van der Waals surface area contributed by atoms with Crippen LogP contribution < -0.4 is 35.2 Å². The molecule has 0 atom stereocenters. The first kappa shape index (κ1) is 36.3. The van der Waals surface area contributed by atoms with Crippen molar-refractivity contribution < 1.29 is 51.0 Å². The van der Waals surface area contributed by atoms with Gasteiger partial charge >= 0.3 is 26.2 Å². The van der Waals surface area contributed by atoms with Crippen molar-refractivity contribution >= 4 is 40.0 Å². The summed E-state index contributed by atoms with van der Waals surface area (Å²) in [6.45, 7) is 9.93. The van der Waals surface area contributed by atoms with Crippen molar-refractivity contribution in [3.8, 4) is 22.3 Å². The summed E-state index contributed by atoms with van der Waals surface area (Å²) in [6.07, 6.45) is 7.20. The van der Waals surface area contributed by atoms with Crippen molar-refractivity contribution in [2.75, 3.05) is 0 Å². The molecule has 0 nitrogen and oxygen atoms in total. The summed E-state index contributed by atoms with van der Waals surface area (Å²) in [7, 11) is -2.20. The van der Waals surface area contributed by atoms with E-state index in [0.717, 1.165) is 12.8 Å². The van der Waals surface area contributed by atoms with Crippen LogP contribution in [0.4, 0.5) is 0 Å². The van der Waals surface area contributed by atoms with Crippen molar-refractivity contribution in [2.45, 2.75) is 65.5 Å². The van der Waals surface area contributed by atoms with Crippen LogP contribution >= 0.6 is 0 Å². The zero-order valence-corrected chi connectivity index (χ0v) is 31.4. The monoisotopic (exact) mass is 710 g/mol. The minimum atomic E-state index is -2.20. The Balaban J connectivity index is 0.00000176. The van der Waals surface area contributed by atoms with Gasteiger partial charge in [0.1, 0.15) is 0 Å². The molecule has 6 aromatic carbocycles. The van der Waals surface area contributed by atoms with Gasteiger partial charge < -0.3 is 24.8 Å². The second-order valence-corrected chi connectivity index (χ2v) is 16.4. The molecule has 0 saturated carbocycles. The Labute approximate surface area is 297 Å². The summed E-state index contributed by atoms with van der Waals surface area (Å²) >= 11 is 0. The molecule has 6 aromatic rings. The standard InChI is InChI=1S/C40H42Si.2ClH.Zr/c1-5-7-17-33-27-31-23-15-25-35(29-19-11-9-12-20-29)37(31)39(33)41(3,4)40-34(18-8-6-2)28-32-24-16-26-36(38(32)40)30-21-13-10-14-22-30;;;/h9-16,19-28H,5-8,17-18H2,1-4H3;2*1H;/q-2;;;+4/p-2. The molecular formula is C40H42Cl2SiZr. The van der Waals surface area contributed by atoms with Crippen LogP contribution in [-0.2, 0) is 39.0 Å². The third-order valence-electron chi connectivity index (χ3n) is 9.01. The average Bonchev–Trinajstić information content (AvgIpc) is 3.59. The molecule has 0 bridgehead atoms. The molecule has 224 valence electrons. The van der Waals surface area contributed by atoms with Crippen LogP contribution in [0.1, 0.15) is 50.7 Å². The van der Waals surface area contributed by atoms with Crippen LogP contribution in [0.2, 0.25) is 13.1 Å². The van der Waals surface area contributed by atoms with E-state index in [1.165, 1.54) is 69.5 Å². The number of aryl methyl sites for hydroxylation is 2. The topological polar surface area (TPSA) is 0 Å². The van der Waals surface area contributed by atoms with Crippen LogP contribution in [-0.4, -0.2) is 8.07 Å². The van der Waals surface area contributed by atoms with Crippen LogP contribution in [0.5, 0.6) is 0 Å². The number of hydrogen-bond acceptors (Lipinski definition) is 0. The van der Waals surface area contributed by atoms with Gasteiger partial charge in [-0.1, -0.05) is 137 Å². The summed E-state index contributed by atoms with van der Waals surface area (Å²) < 4.78 is 0. The number of halogens is 2. The molecule has 0 radical (unpaired) electrons. The third kappa shape index (κ3) is 6.80. The summed E-state index contributed by atoms with van der Waals surface area (Å²) in [5, 5.41) is 9.12. The van der Waals surface area contributed by atoms with Crippen LogP contribution in [0.25, 0.3) is 43.8 Å². The molecule has 0 aliphatic heterocycles. The molecule has 6 rings (SSSR count). The quantitative estimate of drug-likeness (QED) is 0.147. The van der Waals surface area contributed by atoms with E-state index >= 15 is 0 Å². The Morgan fingerprint density at radius 1 is 0.523 bits per heavy atom. The normalized spacial score (nSPS) is 11.2. The molecule has 0 spiro atoms. The fraction of sp³-hybridized carbons (Fsp3) is 0.250. The molecule has 4 heteroatoms. The molecule has 0 fully saturated rings. The average molecular weight is 713 g/mol. The van der Waals surface area contributed by atoms with Gasteiger partial charge in [0.15, 0.2) is 0 Å². The largest absolute Gasteiger partial charge is 4.00 e. The Morgan fingerprint density at radius 2 is 0.909 bits per heavy atom. The summed E-state index contributed by atoms with van der Waals surface area (Å²) in [5.41, 5.74) is 8.57. The third-order valence-corrected chi connectivity index (χ3v) is 12.7. The summed E-state index contributed by atoms with van der Waals surface area (Å²) in [6, 6.07) is 41.1. The van der Waals surface area contributed by atoms with Gasteiger partial charge in [-0.05, 0) is 24.0 Å². The predicted octanol–water partition coefficient (Wildman–Crippen LogP) is 4.28. The molecule has 0 aliphatic rings. The van der Waals surface area contributed by atoms with E-state index in [4.69, 9.17) is 0 Å². The maximum Gasteiger partial charge on any atom is 4.00 e. The molecule has 0 N–H and O–H groups in total. The summed E-state index contributed by atoms with van der Waals surface area (Å²) in [5.74, 6) is 0. The van der Waals surface area contributed by atoms with Crippen LogP contribution in [0.15, 0.2) is 109 Å². The van der Waals surface area contributed by atoms with Gasteiger partial charge in [-0.3, -0.25) is 0 Å². The first-order valence-electron chi connectivity index (χ1n) is 15.6. The Morgan fingerprint density at radius 3 is 1.27 bits per heavy atom. The van der Waals surface area contributed by atoms with E-state index in [9.17, 15) is 0 Å². The molecule has 0 heterocycles. The summed E-state index contributed by atoms with van der Waals surface area (Å²) in [4.78, 5) is 0. The SMILES string of the molecule is CCCCc1[cH-]c2cccc(-c3ccccc3)c2c1[Si](C)(C)c1c(CCCC)[cH-]c2cccc(-c3ccccc3)c12.[Cl-].[Cl-].[Zr+4]. The smallest absolute Gasteiger partial charge is 1.00 e. The van der Waals surface area contributed by atoms with Gasteiger partial charge in [-0.2, -0.15) is 10.4 Å². The molecule has 0 unspecified atom stereocenters. The number of fused-ring (bicyclic) bond motifs is 2. The fourth-order valence-electron chi connectivity index (χ4n) is 7.18. The van der Waals surface area contributed by atoms with Crippen molar-refractivity contribution in [2.24, 2.45) is 0 Å². The minimum Gasteiger partial charge on any atom is -1.00 e. The van der Waals surface area contributed by atoms with E-state index in [2.05, 4.69) is 136 Å². The first-order valence-corrected chi connectivity index (χ1v) is 18.6. The predicted molar refractivity (Wildman–Crippen MR) is 184 cm³/mol. The second kappa shape index (κ2) is 15.9. The molecule has 0 saturated heterocycles. The Hall–Kier alpha value is -2.22. The van der Waals surface area contributed by atoms with Crippen LogP contribution in [0.3, 0.4) is 0 Å². The van der Waals surface area contributed by atoms with E-state index in [0.29, 0.717) is 0 Å². The maximum absolute atomic E-state index is 2.64. The molecule has 44 heavy (non-hydrogen) atoms. The Kier molecular flexibility index (Phi) is 13.1. The molecule has 0 aliphatic carbocycles. The molecule has 0 aromatic heterocycles. The fourth-order valence-corrected chi connectivity index (χ4v) is 11.2. The first-order chi connectivity index (χ1) is 20.0. The minimum absolute atomic E-state index is 0. The number of rotatable bonds is 10. The van der Waals surface area contributed by atoms with E-state index in [1.807, 2.05) is 0 Å². The van der Waals surface area contributed by atoms with E-state index < -0.39 is 8.07 Å². The van der Waals surface area contributed by atoms with Crippen LogP contribution in [0, 0.1) is 0 Å². The Bertz CT molecular complexity index is 1650. The van der Waals surface area contributed by atoms with Gasteiger partial charge in [0.25, 0.3) is 0 Å². The zero-order chi connectivity index (χ0) is 28.4.